The molecular formula is C36H40N4OS2. The first-order valence-electron chi connectivity index (χ1n) is 14.3. The molecule has 7 heteroatoms. The number of carbonyl (C=O) groups excluding carboxylic acids is 1. The van der Waals surface area contributed by atoms with E-state index in [2.05, 4.69) is 46.6 Å². The topological polar surface area (TPSA) is 95.6 Å². The van der Waals surface area contributed by atoms with Crippen LogP contribution in [0.15, 0.2) is 129 Å². The Kier molecular flexibility index (Phi) is 15.5. The molecule has 0 bridgehead atoms. The summed E-state index contributed by atoms with van der Waals surface area (Å²) in [5.74, 6) is -0.229. The SMILES string of the molecule is CC.CC.CC(=O)C(C#N)c1ccc(Sc2ccccc2)cc1.Cc1[nH]nc(N)c1-c1ccc(Sc2ccccc2)cc1. The van der Waals surface area contributed by atoms with Gasteiger partial charge in [0.1, 0.15) is 5.92 Å². The zero-order valence-electron chi connectivity index (χ0n) is 25.7. The number of rotatable bonds is 7. The number of benzene rings is 4. The molecule has 5 nitrogen and oxygen atoms in total. The fourth-order valence-electron chi connectivity index (χ4n) is 3.88. The molecule has 0 fully saturated rings. The number of nitrogens with two attached hydrogens (primary N) is 1. The highest BCUT2D eigenvalue weighted by Gasteiger charge is 2.15. The molecule has 0 radical (unpaired) electrons. The van der Waals surface area contributed by atoms with Crippen LogP contribution in [0, 0.1) is 18.3 Å². The van der Waals surface area contributed by atoms with Crippen molar-refractivity contribution >= 4 is 35.1 Å². The average Bonchev–Trinajstić information content (AvgIpc) is 3.39. The largest absolute Gasteiger partial charge is 0.382 e. The van der Waals surface area contributed by atoms with Crippen LogP contribution in [0.5, 0.6) is 0 Å². The number of aryl methyl sites for hydroxylation is 1. The standard InChI is InChI=1S/C16H15N3S.C16H13NOS.2C2H6/c1-11-15(16(17)19-18-11)12-7-9-14(10-8-12)20-13-5-3-2-4-6-13;1-12(18)16(11-17)13-7-9-15(10-8-13)19-14-5-3-2-4-6-14;2*1-2/h2-10H,1H3,(H3,17,18,19);2-10,16H,1H3;2*1-2H3. The first-order chi connectivity index (χ1) is 20.9. The van der Waals surface area contributed by atoms with Crippen LogP contribution in [0.25, 0.3) is 11.1 Å². The summed E-state index contributed by atoms with van der Waals surface area (Å²) in [6.07, 6.45) is 0. The van der Waals surface area contributed by atoms with Gasteiger partial charge in [-0.1, -0.05) is 112 Å². The van der Waals surface area contributed by atoms with E-state index in [0.717, 1.165) is 27.3 Å². The van der Waals surface area contributed by atoms with Crippen molar-refractivity contribution in [3.63, 3.8) is 0 Å². The van der Waals surface area contributed by atoms with E-state index in [-0.39, 0.29) is 5.78 Å². The van der Waals surface area contributed by atoms with Crippen LogP contribution in [-0.4, -0.2) is 16.0 Å². The minimum absolute atomic E-state index is 0.119. The van der Waals surface area contributed by atoms with E-state index in [1.807, 2.05) is 113 Å². The van der Waals surface area contributed by atoms with Crippen molar-refractivity contribution < 1.29 is 4.79 Å². The van der Waals surface area contributed by atoms with Gasteiger partial charge >= 0.3 is 0 Å². The Morgan fingerprint density at radius 2 is 1.16 bits per heavy atom. The second kappa shape index (κ2) is 19.0. The lowest BCUT2D eigenvalue weighted by Gasteiger charge is -2.07. The molecule has 4 aromatic carbocycles. The predicted molar refractivity (Wildman–Crippen MR) is 182 cm³/mol. The van der Waals surface area contributed by atoms with Crippen LogP contribution in [0.3, 0.4) is 0 Å². The Hall–Kier alpha value is -4.25. The van der Waals surface area contributed by atoms with Crippen LogP contribution >= 0.6 is 23.5 Å². The van der Waals surface area contributed by atoms with Gasteiger partial charge in [0, 0.05) is 30.8 Å². The van der Waals surface area contributed by atoms with Gasteiger partial charge in [-0.25, -0.2) is 0 Å². The summed E-state index contributed by atoms with van der Waals surface area (Å²) >= 11 is 3.40. The Morgan fingerprint density at radius 1 is 0.744 bits per heavy atom. The van der Waals surface area contributed by atoms with Crippen LogP contribution in [0.4, 0.5) is 5.82 Å². The third-order valence-electron chi connectivity index (χ3n) is 5.83. The Labute approximate surface area is 264 Å². The monoisotopic (exact) mass is 608 g/mol. The first-order valence-corrected chi connectivity index (χ1v) is 15.9. The van der Waals surface area contributed by atoms with E-state index >= 15 is 0 Å². The Balaban J connectivity index is 0.000000270. The Bertz CT molecular complexity index is 1520. The summed E-state index contributed by atoms with van der Waals surface area (Å²) in [6.45, 7) is 11.4. The Morgan fingerprint density at radius 3 is 1.53 bits per heavy atom. The molecule has 5 aromatic rings. The third-order valence-corrected chi connectivity index (χ3v) is 7.86. The fourth-order valence-corrected chi connectivity index (χ4v) is 5.55. The van der Waals surface area contributed by atoms with Gasteiger partial charge < -0.3 is 5.73 Å². The quantitative estimate of drug-likeness (QED) is 0.191. The second-order valence-corrected chi connectivity index (χ2v) is 11.0. The lowest BCUT2D eigenvalue weighted by Crippen LogP contribution is -2.05. The van der Waals surface area contributed by atoms with Crippen molar-refractivity contribution in [2.75, 3.05) is 5.73 Å². The molecule has 0 spiro atoms. The van der Waals surface area contributed by atoms with Crippen LogP contribution in [0.1, 0.15) is 51.8 Å². The number of carbonyl (C=O) groups is 1. The number of nitrogens with one attached hydrogen (secondary N) is 1. The highest BCUT2D eigenvalue weighted by molar-refractivity contribution is 7.99. The molecule has 43 heavy (non-hydrogen) atoms. The summed E-state index contributed by atoms with van der Waals surface area (Å²) in [7, 11) is 0. The minimum atomic E-state index is -0.657. The first kappa shape index (κ1) is 34.9. The number of hydrogen-bond acceptors (Lipinski definition) is 6. The summed E-state index contributed by atoms with van der Waals surface area (Å²) in [6, 6.07) is 38.4. The molecule has 0 aliphatic rings. The molecule has 0 aliphatic heterocycles. The zero-order chi connectivity index (χ0) is 31.6. The third kappa shape index (κ3) is 10.8. The summed E-state index contributed by atoms with van der Waals surface area (Å²) in [5.41, 5.74) is 9.71. The zero-order valence-corrected chi connectivity index (χ0v) is 27.3. The van der Waals surface area contributed by atoms with Crippen LogP contribution in [-0.2, 0) is 4.79 Å². The molecule has 1 aromatic heterocycles. The van der Waals surface area contributed by atoms with E-state index in [9.17, 15) is 4.79 Å². The van der Waals surface area contributed by atoms with E-state index in [1.54, 1.807) is 23.5 Å². The highest BCUT2D eigenvalue weighted by atomic mass is 32.2. The normalized spacial score (nSPS) is 10.3. The smallest absolute Gasteiger partial charge is 0.153 e. The van der Waals surface area contributed by atoms with Crippen molar-refractivity contribution in [1.29, 1.82) is 5.26 Å². The molecule has 0 amide bonds. The summed E-state index contributed by atoms with van der Waals surface area (Å²) in [4.78, 5) is 16.0. The van der Waals surface area contributed by atoms with Crippen molar-refractivity contribution in [1.82, 2.24) is 10.2 Å². The average molecular weight is 609 g/mol. The maximum Gasteiger partial charge on any atom is 0.153 e. The van der Waals surface area contributed by atoms with Crippen molar-refractivity contribution in [2.24, 2.45) is 0 Å². The lowest BCUT2D eigenvalue weighted by atomic mass is 9.97. The molecule has 1 atom stereocenters. The van der Waals surface area contributed by atoms with E-state index in [0.29, 0.717) is 5.82 Å². The summed E-state index contributed by atoms with van der Waals surface area (Å²) in [5, 5.41) is 15.9. The van der Waals surface area contributed by atoms with E-state index < -0.39 is 5.92 Å². The number of aromatic nitrogens is 2. The lowest BCUT2D eigenvalue weighted by molar-refractivity contribution is -0.117. The number of anilines is 1. The molecular weight excluding hydrogens is 569 g/mol. The number of nitrogen functional groups attached to an aromatic ring is 1. The molecule has 3 N–H and O–H groups in total. The number of nitriles is 1. The van der Waals surface area contributed by atoms with E-state index in [1.165, 1.54) is 21.6 Å². The van der Waals surface area contributed by atoms with Crippen molar-refractivity contribution in [2.45, 2.75) is 67.0 Å². The van der Waals surface area contributed by atoms with Gasteiger partial charge in [0.05, 0.1) is 6.07 Å². The molecule has 0 saturated carbocycles. The maximum absolute atomic E-state index is 11.3. The van der Waals surface area contributed by atoms with Gasteiger partial charge in [0.2, 0.25) is 0 Å². The van der Waals surface area contributed by atoms with Gasteiger partial charge in [0.15, 0.2) is 11.6 Å². The number of ketones is 1. The molecule has 222 valence electrons. The number of Topliss-reactive ketones (excluding diaryl/α,β-unsaturated/α-hetero) is 1. The van der Waals surface area contributed by atoms with Gasteiger partial charge in [-0.2, -0.15) is 10.4 Å². The van der Waals surface area contributed by atoms with Gasteiger partial charge in [-0.15, -0.1) is 0 Å². The molecule has 1 unspecified atom stereocenters. The summed E-state index contributed by atoms with van der Waals surface area (Å²) < 4.78 is 0. The maximum atomic E-state index is 11.3. The molecule has 0 saturated heterocycles. The predicted octanol–water partition coefficient (Wildman–Crippen LogP) is 10.2. The molecule has 5 rings (SSSR count). The molecule has 1 heterocycles. The highest BCUT2D eigenvalue weighted by Crippen LogP contribution is 2.32. The van der Waals surface area contributed by atoms with Gasteiger partial charge in [0.25, 0.3) is 0 Å². The number of hydrogen-bond donors (Lipinski definition) is 2. The number of H-pyrrole nitrogens is 1. The second-order valence-electron chi connectivity index (χ2n) is 8.71. The van der Waals surface area contributed by atoms with Crippen molar-refractivity contribution in [3.8, 4) is 17.2 Å². The van der Waals surface area contributed by atoms with Gasteiger partial charge in [-0.3, -0.25) is 9.89 Å². The molecule has 0 aliphatic carbocycles. The number of nitrogens with zero attached hydrogens (tertiary/aromatic N) is 2. The van der Waals surface area contributed by atoms with Crippen LogP contribution in [0.2, 0.25) is 0 Å². The van der Waals surface area contributed by atoms with Crippen molar-refractivity contribution in [3.05, 3.63) is 120 Å². The minimum Gasteiger partial charge on any atom is -0.382 e. The van der Waals surface area contributed by atoms with Gasteiger partial charge in [-0.05, 0) is 73.5 Å². The fraction of sp³-hybridized carbons (Fsp3) is 0.194. The number of aromatic amines is 1. The van der Waals surface area contributed by atoms with E-state index in [4.69, 9.17) is 11.0 Å². The van der Waals surface area contributed by atoms with Crippen LogP contribution < -0.4 is 5.73 Å².